The van der Waals surface area contributed by atoms with Gasteiger partial charge in [0.1, 0.15) is 18.4 Å². The molecule has 3 aromatic rings. The molecule has 0 saturated heterocycles. The Balaban J connectivity index is 2.08. The smallest absolute Gasteiger partial charge is 0.244 e. The van der Waals surface area contributed by atoms with Crippen molar-refractivity contribution in [3.05, 3.63) is 101 Å². The Labute approximate surface area is 232 Å². The molecular weight excluding hydrogens is 543 g/mol. The van der Waals surface area contributed by atoms with E-state index in [1.165, 1.54) is 18.2 Å². The van der Waals surface area contributed by atoms with Gasteiger partial charge in [0.2, 0.25) is 21.8 Å². The minimum absolute atomic E-state index is 0.0628. The molecule has 2 atom stereocenters. The number of halogens is 3. The first-order valence-electron chi connectivity index (χ1n) is 12.7. The summed E-state index contributed by atoms with van der Waals surface area (Å²) in [6, 6.07) is 15.7. The molecule has 7 nitrogen and oxygen atoms in total. The molecule has 0 unspecified atom stereocenters. The van der Waals surface area contributed by atoms with Crippen LogP contribution in [0.2, 0.25) is 0 Å². The van der Waals surface area contributed by atoms with E-state index in [-0.39, 0.29) is 30.3 Å². The summed E-state index contributed by atoms with van der Waals surface area (Å²) in [6.07, 6.45) is 1.50. The van der Waals surface area contributed by atoms with Crippen LogP contribution in [-0.2, 0) is 32.6 Å². The molecule has 1 N–H and O–H groups in total. The third-order valence-electron chi connectivity index (χ3n) is 6.44. The third-order valence-corrected chi connectivity index (χ3v) is 7.58. The normalized spacial score (nSPS) is 12.8. The van der Waals surface area contributed by atoms with Crippen molar-refractivity contribution in [3.63, 3.8) is 0 Å². The SMILES string of the molecule is CC[C@@H](C)NC(=O)[C@@H](Cc1ccccc1)N(Cc1ccccc1F)C(=O)CN(c1ccc(F)c(F)c1)S(C)(=O)=O. The molecule has 0 saturated carbocycles. The lowest BCUT2D eigenvalue weighted by Gasteiger charge is -2.34. The number of benzene rings is 3. The van der Waals surface area contributed by atoms with Gasteiger partial charge in [-0.15, -0.1) is 0 Å². The molecule has 2 amide bonds. The number of sulfonamides is 1. The van der Waals surface area contributed by atoms with E-state index in [1.54, 1.807) is 43.3 Å². The standard InChI is InChI=1S/C29H32F3N3O4S/c1-4-20(2)33-29(37)27(16-21-10-6-5-7-11-21)34(18-22-12-8-9-13-24(22)30)28(36)19-35(40(3,38)39)23-14-15-25(31)26(32)17-23/h5-15,17,20,27H,4,16,18-19H2,1-3H3,(H,33,37)/t20-,27-/m1/s1. The zero-order valence-corrected chi connectivity index (χ0v) is 23.3. The monoisotopic (exact) mass is 575 g/mol. The average molecular weight is 576 g/mol. The van der Waals surface area contributed by atoms with Gasteiger partial charge in [0, 0.05) is 30.6 Å². The van der Waals surface area contributed by atoms with Crippen LogP contribution < -0.4 is 9.62 Å². The predicted octanol–water partition coefficient (Wildman–Crippen LogP) is 4.42. The number of carbonyl (C=O) groups is 2. The quantitative estimate of drug-likeness (QED) is 0.346. The zero-order chi connectivity index (χ0) is 29.4. The van der Waals surface area contributed by atoms with Gasteiger partial charge in [-0.3, -0.25) is 13.9 Å². The molecule has 0 aliphatic carbocycles. The average Bonchev–Trinajstić information content (AvgIpc) is 2.91. The van der Waals surface area contributed by atoms with Gasteiger partial charge in [-0.1, -0.05) is 55.5 Å². The van der Waals surface area contributed by atoms with E-state index in [0.717, 1.165) is 28.9 Å². The van der Waals surface area contributed by atoms with Crippen LogP contribution in [0.25, 0.3) is 0 Å². The second kappa shape index (κ2) is 13.5. The summed E-state index contributed by atoms with van der Waals surface area (Å²) in [5, 5.41) is 2.86. The lowest BCUT2D eigenvalue weighted by Crippen LogP contribution is -2.54. The molecular formula is C29H32F3N3O4S. The Hall–Kier alpha value is -3.86. The highest BCUT2D eigenvalue weighted by Crippen LogP contribution is 2.23. The number of rotatable bonds is 12. The van der Waals surface area contributed by atoms with Crippen LogP contribution in [0.5, 0.6) is 0 Å². The summed E-state index contributed by atoms with van der Waals surface area (Å²) in [6.45, 7) is 2.51. The van der Waals surface area contributed by atoms with Gasteiger partial charge in [0.25, 0.3) is 0 Å². The largest absolute Gasteiger partial charge is 0.352 e. The van der Waals surface area contributed by atoms with Crippen molar-refractivity contribution < 1.29 is 31.2 Å². The Morgan fingerprint density at radius 3 is 2.15 bits per heavy atom. The van der Waals surface area contributed by atoms with Gasteiger partial charge < -0.3 is 10.2 Å². The third kappa shape index (κ3) is 8.08. The Morgan fingerprint density at radius 2 is 1.55 bits per heavy atom. The van der Waals surface area contributed by atoms with E-state index in [4.69, 9.17) is 0 Å². The number of nitrogens with one attached hydrogen (secondary N) is 1. The Morgan fingerprint density at radius 1 is 0.900 bits per heavy atom. The molecule has 0 heterocycles. The molecule has 0 bridgehead atoms. The second-order valence-corrected chi connectivity index (χ2v) is 11.4. The highest BCUT2D eigenvalue weighted by molar-refractivity contribution is 7.92. The fraction of sp³-hybridized carbons (Fsp3) is 0.310. The van der Waals surface area contributed by atoms with Gasteiger partial charge in [-0.2, -0.15) is 0 Å². The number of amides is 2. The fourth-order valence-electron chi connectivity index (χ4n) is 4.06. The lowest BCUT2D eigenvalue weighted by atomic mass is 10.0. The highest BCUT2D eigenvalue weighted by Gasteiger charge is 2.34. The molecule has 0 radical (unpaired) electrons. The van der Waals surface area contributed by atoms with Gasteiger partial charge in [-0.05, 0) is 37.1 Å². The molecule has 3 aromatic carbocycles. The van der Waals surface area contributed by atoms with Crippen LogP contribution >= 0.6 is 0 Å². The molecule has 0 spiro atoms. The molecule has 11 heteroatoms. The maximum absolute atomic E-state index is 14.7. The van der Waals surface area contributed by atoms with Gasteiger partial charge >= 0.3 is 0 Å². The predicted molar refractivity (Wildman–Crippen MR) is 147 cm³/mol. The first-order chi connectivity index (χ1) is 18.9. The van der Waals surface area contributed by atoms with Crippen molar-refractivity contribution in [1.82, 2.24) is 10.2 Å². The highest BCUT2D eigenvalue weighted by atomic mass is 32.2. The minimum atomic E-state index is -4.16. The van der Waals surface area contributed by atoms with Crippen molar-refractivity contribution in [2.24, 2.45) is 0 Å². The maximum atomic E-state index is 14.7. The number of hydrogen-bond acceptors (Lipinski definition) is 4. The van der Waals surface area contributed by atoms with Crippen LogP contribution in [-0.4, -0.2) is 50.0 Å². The van der Waals surface area contributed by atoms with Crippen molar-refractivity contribution in [2.45, 2.75) is 45.3 Å². The number of anilines is 1. The van der Waals surface area contributed by atoms with Crippen LogP contribution in [0, 0.1) is 17.5 Å². The molecule has 3 rings (SSSR count). The summed E-state index contributed by atoms with van der Waals surface area (Å²) in [4.78, 5) is 28.6. The molecule has 214 valence electrons. The summed E-state index contributed by atoms with van der Waals surface area (Å²) < 4.78 is 68.3. The Kier molecular flexibility index (Phi) is 10.3. The minimum Gasteiger partial charge on any atom is -0.352 e. The van der Waals surface area contributed by atoms with Crippen LogP contribution in [0.1, 0.15) is 31.4 Å². The van der Waals surface area contributed by atoms with Gasteiger partial charge in [0.15, 0.2) is 11.6 Å². The first-order valence-corrected chi connectivity index (χ1v) is 14.6. The second-order valence-electron chi connectivity index (χ2n) is 9.50. The number of hydrogen-bond donors (Lipinski definition) is 1. The van der Waals surface area contributed by atoms with E-state index >= 15 is 0 Å². The van der Waals surface area contributed by atoms with Gasteiger partial charge in [0.05, 0.1) is 11.9 Å². The van der Waals surface area contributed by atoms with Crippen LogP contribution in [0.3, 0.4) is 0 Å². The maximum Gasteiger partial charge on any atom is 0.244 e. The van der Waals surface area contributed by atoms with E-state index in [0.29, 0.717) is 16.8 Å². The topological polar surface area (TPSA) is 86.8 Å². The van der Waals surface area contributed by atoms with E-state index < -0.39 is 51.9 Å². The van der Waals surface area contributed by atoms with Crippen molar-refractivity contribution in [2.75, 3.05) is 17.1 Å². The zero-order valence-electron chi connectivity index (χ0n) is 22.5. The number of nitrogens with zero attached hydrogens (tertiary/aromatic N) is 2. The number of carbonyl (C=O) groups excluding carboxylic acids is 2. The summed E-state index contributed by atoms with van der Waals surface area (Å²) in [7, 11) is -4.16. The van der Waals surface area contributed by atoms with E-state index in [1.807, 2.05) is 6.92 Å². The van der Waals surface area contributed by atoms with Crippen LogP contribution in [0.4, 0.5) is 18.9 Å². The molecule has 40 heavy (non-hydrogen) atoms. The molecule has 0 aliphatic heterocycles. The molecule has 0 fully saturated rings. The molecule has 0 aliphatic rings. The lowest BCUT2D eigenvalue weighted by molar-refractivity contribution is -0.140. The molecule has 0 aromatic heterocycles. The summed E-state index contributed by atoms with van der Waals surface area (Å²) in [5.74, 6) is -4.42. The van der Waals surface area contributed by atoms with E-state index in [9.17, 15) is 31.2 Å². The van der Waals surface area contributed by atoms with Gasteiger partial charge in [-0.25, -0.2) is 21.6 Å². The fourth-order valence-corrected chi connectivity index (χ4v) is 4.90. The van der Waals surface area contributed by atoms with Crippen LogP contribution in [0.15, 0.2) is 72.8 Å². The summed E-state index contributed by atoms with van der Waals surface area (Å²) in [5.41, 5.74) is 0.562. The van der Waals surface area contributed by atoms with Crippen molar-refractivity contribution in [1.29, 1.82) is 0 Å². The van der Waals surface area contributed by atoms with Crippen molar-refractivity contribution in [3.8, 4) is 0 Å². The van der Waals surface area contributed by atoms with Crippen molar-refractivity contribution >= 4 is 27.5 Å². The summed E-state index contributed by atoms with van der Waals surface area (Å²) >= 11 is 0. The van der Waals surface area contributed by atoms with E-state index in [2.05, 4.69) is 5.32 Å². The first kappa shape index (κ1) is 30.7. The Bertz CT molecular complexity index is 1440.